The van der Waals surface area contributed by atoms with E-state index in [1.165, 1.54) is 0 Å². The van der Waals surface area contributed by atoms with Crippen molar-refractivity contribution in [2.45, 2.75) is 36.3 Å². The van der Waals surface area contributed by atoms with Crippen molar-refractivity contribution in [2.24, 2.45) is 0 Å². The Kier molecular flexibility index (Phi) is 3.78. The Morgan fingerprint density at radius 2 is 2.00 bits per heavy atom. The van der Waals surface area contributed by atoms with E-state index in [1.807, 2.05) is 18.2 Å². The van der Waals surface area contributed by atoms with Gasteiger partial charge < -0.3 is 5.32 Å². The van der Waals surface area contributed by atoms with Gasteiger partial charge in [-0.25, -0.2) is 13.4 Å². The van der Waals surface area contributed by atoms with Crippen LogP contribution in [0, 0.1) is 0 Å². The molecule has 0 atom stereocenters. The first-order valence-corrected chi connectivity index (χ1v) is 11.1. The molecule has 1 spiro atoms. The van der Waals surface area contributed by atoms with Crippen LogP contribution in [0.2, 0.25) is 5.02 Å². The molecule has 1 aromatic carbocycles. The SMILES string of the molecule is O=S(=O)(Nc1cccc(-c2cnc3c(c2Cl)C2(CC=CC2)CN3)c1)C1CC1. The van der Waals surface area contributed by atoms with E-state index >= 15 is 0 Å². The molecule has 0 saturated heterocycles. The quantitative estimate of drug-likeness (QED) is 0.748. The highest BCUT2D eigenvalue weighted by atomic mass is 35.5. The maximum Gasteiger partial charge on any atom is 0.235 e. The van der Waals surface area contributed by atoms with Crippen LogP contribution in [-0.2, 0) is 15.4 Å². The zero-order chi connectivity index (χ0) is 18.6. The van der Waals surface area contributed by atoms with Crippen LogP contribution in [0.1, 0.15) is 31.2 Å². The number of pyridine rings is 1. The molecule has 0 unspecified atom stereocenters. The van der Waals surface area contributed by atoms with Gasteiger partial charge in [-0.2, -0.15) is 0 Å². The number of nitrogens with one attached hydrogen (secondary N) is 2. The molecule has 7 heteroatoms. The van der Waals surface area contributed by atoms with E-state index < -0.39 is 10.0 Å². The number of benzene rings is 1. The molecule has 1 aromatic heterocycles. The molecular weight excluding hydrogens is 382 g/mol. The summed E-state index contributed by atoms with van der Waals surface area (Å²) in [5.41, 5.74) is 3.32. The minimum atomic E-state index is -3.29. The van der Waals surface area contributed by atoms with Crippen LogP contribution in [0.3, 0.4) is 0 Å². The highest BCUT2D eigenvalue weighted by molar-refractivity contribution is 7.93. The molecule has 1 fully saturated rings. The predicted octanol–water partition coefficient (Wildman–Crippen LogP) is 4.32. The Balaban J connectivity index is 1.53. The smallest absolute Gasteiger partial charge is 0.235 e. The number of hydrogen-bond acceptors (Lipinski definition) is 4. The van der Waals surface area contributed by atoms with E-state index in [9.17, 15) is 8.42 Å². The summed E-state index contributed by atoms with van der Waals surface area (Å²) in [5, 5.41) is 3.83. The third-order valence-corrected chi connectivity index (χ3v) is 7.98. The van der Waals surface area contributed by atoms with E-state index in [4.69, 9.17) is 11.6 Å². The van der Waals surface area contributed by atoms with Gasteiger partial charge in [-0.3, -0.25) is 4.72 Å². The number of hydrogen-bond donors (Lipinski definition) is 2. The zero-order valence-corrected chi connectivity index (χ0v) is 16.3. The first-order chi connectivity index (χ1) is 13.0. The Hall–Kier alpha value is -2.05. The molecule has 2 aromatic rings. The van der Waals surface area contributed by atoms with Gasteiger partial charge in [0.25, 0.3) is 0 Å². The summed E-state index contributed by atoms with van der Waals surface area (Å²) in [6.45, 7) is 0.840. The van der Waals surface area contributed by atoms with Crippen molar-refractivity contribution < 1.29 is 8.42 Å². The van der Waals surface area contributed by atoms with Gasteiger partial charge in [0.15, 0.2) is 0 Å². The van der Waals surface area contributed by atoms with Crippen molar-refractivity contribution in [2.75, 3.05) is 16.6 Å². The fourth-order valence-corrected chi connectivity index (χ4v) is 5.90. The minimum absolute atomic E-state index is 0.0133. The summed E-state index contributed by atoms with van der Waals surface area (Å²) >= 11 is 6.86. The van der Waals surface area contributed by atoms with Crippen LogP contribution in [0.15, 0.2) is 42.6 Å². The van der Waals surface area contributed by atoms with E-state index in [0.717, 1.165) is 54.7 Å². The van der Waals surface area contributed by atoms with Crippen LogP contribution in [0.25, 0.3) is 11.1 Å². The molecule has 3 aliphatic rings. The van der Waals surface area contributed by atoms with Crippen molar-refractivity contribution in [3.8, 4) is 11.1 Å². The highest BCUT2D eigenvalue weighted by Crippen LogP contribution is 2.50. The van der Waals surface area contributed by atoms with Crippen molar-refractivity contribution in [1.29, 1.82) is 0 Å². The standard InChI is InChI=1S/C20H20ClN3O2S/c21-18-16(11-22-19-17(18)20(12-23-19)8-1-2-9-20)13-4-3-5-14(10-13)24-27(25,26)15-6-7-15/h1-5,10-11,15,24H,6-9,12H2,(H,22,23). The van der Waals surface area contributed by atoms with Gasteiger partial charge in [0.2, 0.25) is 10.0 Å². The van der Waals surface area contributed by atoms with Crippen LogP contribution in [0.4, 0.5) is 11.5 Å². The molecule has 2 aliphatic carbocycles. The van der Waals surface area contributed by atoms with E-state index in [1.54, 1.807) is 12.3 Å². The Morgan fingerprint density at radius 3 is 2.74 bits per heavy atom. The number of halogens is 1. The fraction of sp³-hybridized carbons (Fsp3) is 0.350. The Bertz CT molecular complexity index is 1050. The van der Waals surface area contributed by atoms with E-state index in [-0.39, 0.29) is 10.7 Å². The van der Waals surface area contributed by atoms with E-state index in [2.05, 4.69) is 27.2 Å². The summed E-state index contributed by atoms with van der Waals surface area (Å²) in [6.07, 6.45) is 9.56. The van der Waals surface area contributed by atoms with Crippen molar-refractivity contribution in [1.82, 2.24) is 4.98 Å². The van der Waals surface area contributed by atoms with Gasteiger partial charge in [-0.1, -0.05) is 35.9 Å². The Labute approximate surface area is 163 Å². The molecule has 0 radical (unpaired) electrons. The van der Waals surface area contributed by atoms with Crippen molar-refractivity contribution >= 4 is 33.1 Å². The lowest BCUT2D eigenvalue weighted by Crippen LogP contribution is -2.25. The van der Waals surface area contributed by atoms with Gasteiger partial charge in [0.1, 0.15) is 5.82 Å². The van der Waals surface area contributed by atoms with Crippen LogP contribution >= 0.6 is 11.6 Å². The summed E-state index contributed by atoms with van der Waals surface area (Å²) < 4.78 is 27.2. The fourth-order valence-electron chi connectivity index (χ4n) is 4.08. The molecule has 5 rings (SSSR count). The summed E-state index contributed by atoms with van der Waals surface area (Å²) in [7, 11) is -3.29. The number of sulfonamides is 1. The third kappa shape index (κ3) is 2.82. The third-order valence-electron chi connectivity index (χ3n) is 5.72. The second-order valence-electron chi connectivity index (χ2n) is 7.65. The summed E-state index contributed by atoms with van der Waals surface area (Å²) in [5.74, 6) is 0.859. The van der Waals surface area contributed by atoms with Crippen LogP contribution < -0.4 is 10.0 Å². The van der Waals surface area contributed by atoms with Gasteiger partial charge in [0, 0.05) is 35.0 Å². The van der Waals surface area contributed by atoms with E-state index in [0.29, 0.717) is 10.7 Å². The van der Waals surface area contributed by atoms with Gasteiger partial charge in [-0.05, 0) is 43.4 Å². The predicted molar refractivity (Wildman–Crippen MR) is 109 cm³/mol. The molecule has 2 N–H and O–H groups in total. The lowest BCUT2D eigenvalue weighted by atomic mass is 9.80. The largest absolute Gasteiger partial charge is 0.369 e. The first-order valence-electron chi connectivity index (χ1n) is 9.18. The molecule has 140 valence electrons. The zero-order valence-electron chi connectivity index (χ0n) is 14.7. The lowest BCUT2D eigenvalue weighted by Gasteiger charge is -2.24. The topological polar surface area (TPSA) is 71.1 Å². The van der Waals surface area contributed by atoms with Crippen molar-refractivity contribution in [3.63, 3.8) is 0 Å². The number of anilines is 2. The average Bonchev–Trinajstić information content (AvgIpc) is 3.32. The average molecular weight is 402 g/mol. The van der Waals surface area contributed by atoms with Crippen LogP contribution in [0.5, 0.6) is 0 Å². The Morgan fingerprint density at radius 1 is 1.22 bits per heavy atom. The molecular formula is C20H20ClN3O2S. The molecule has 0 bridgehead atoms. The van der Waals surface area contributed by atoms with Gasteiger partial charge >= 0.3 is 0 Å². The molecule has 2 heterocycles. The normalized spacial score (nSPS) is 19.9. The maximum absolute atomic E-state index is 12.2. The monoisotopic (exact) mass is 401 g/mol. The molecule has 5 nitrogen and oxygen atoms in total. The first kappa shape index (κ1) is 17.1. The molecule has 1 saturated carbocycles. The summed E-state index contributed by atoms with van der Waals surface area (Å²) in [6, 6.07) is 7.38. The number of fused-ring (bicyclic) bond motifs is 2. The van der Waals surface area contributed by atoms with Crippen LogP contribution in [-0.4, -0.2) is 25.2 Å². The number of rotatable bonds is 4. The maximum atomic E-state index is 12.2. The number of aromatic nitrogens is 1. The second kappa shape index (κ2) is 5.97. The van der Waals surface area contributed by atoms with Gasteiger partial charge in [-0.15, -0.1) is 0 Å². The number of allylic oxidation sites excluding steroid dienone is 2. The lowest BCUT2D eigenvalue weighted by molar-refractivity contribution is 0.509. The number of nitrogens with zero attached hydrogens (tertiary/aromatic N) is 1. The summed E-state index contributed by atoms with van der Waals surface area (Å²) in [4.78, 5) is 4.60. The second-order valence-corrected chi connectivity index (χ2v) is 9.99. The van der Waals surface area contributed by atoms with Crippen molar-refractivity contribution in [3.05, 3.63) is 53.2 Å². The van der Waals surface area contributed by atoms with Gasteiger partial charge in [0.05, 0.1) is 10.3 Å². The molecule has 27 heavy (non-hydrogen) atoms. The molecule has 1 aliphatic heterocycles. The molecule has 0 amide bonds. The highest BCUT2D eigenvalue weighted by Gasteiger charge is 2.42. The minimum Gasteiger partial charge on any atom is -0.369 e.